The average Bonchev–Trinajstić information content (AvgIpc) is 2.66. The number of hydrogen-bond acceptors (Lipinski definition) is 6. The maximum absolute atomic E-state index is 12.3. The minimum atomic E-state index is -0.302. The minimum Gasteiger partial charge on any atom is -0.453 e. The second kappa shape index (κ2) is 7.33. The van der Waals surface area contributed by atoms with Crippen molar-refractivity contribution in [1.82, 2.24) is 19.4 Å². The van der Waals surface area contributed by atoms with Crippen LogP contribution in [-0.4, -0.2) is 51.8 Å². The molecule has 3 rings (SSSR count). The molecule has 1 saturated heterocycles. The lowest BCUT2D eigenvalue weighted by molar-refractivity contribution is 0.113. The summed E-state index contributed by atoms with van der Waals surface area (Å²) in [7, 11) is 3.08. The Balaban J connectivity index is 1.76. The topological polar surface area (TPSA) is 89.3 Å². The Labute approximate surface area is 145 Å². The standard InChI is InChI=1S/C17H21N5O3/c1-21-15(23)11-14(12-3-7-18-8-4-12)20-16(21)19-13-5-9-22(10-6-13)17(24)25-2/h3-4,7-8,11,13H,5-6,9-10H2,1-2H3,(H,19,20). The number of piperidine rings is 1. The van der Waals surface area contributed by atoms with Crippen molar-refractivity contribution >= 4 is 12.0 Å². The van der Waals surface area contributed by atoms with E-state index in [-0.39, 0.29) is 17.7 Å². The van der Waals surface area contributed by atoms with Crippen molar-refractivity contribution in [3.63, 3.8) is 0 Å². The molecule has 8 nitrogen and oxygen atoms in total. The second-order valence-electron chi connectivity index (χ2n) is 5.97. The van der Waals surface area contributed by atoms with Crippen LogP contribution < -0.4 is 10.9 Å². The highest BCUT2D eigenvalue weighted by molar-refractivity contribution is 5.67. The van der Waals surface area contributed by atoms with Crippen molar-refractivity contribution in [2.45, 2.75) is 18.9 Å². The number of amides is 1. The monoisotopic (exact) mass is 343 g/mol. The molecule has 1 aliphatic heterocycles. The molecule has 0 bridgehead atoms. The van der Waals surface area contributed by atoms with Crippen LogP contribution in [0.4, 0.5) is 10.7 Å². The summed E-state index contributed by atoms with van der Waals surface area (Å²) in [5.74, 6) is 0.524. The van der Waals surface area contributed by atoms with Crippen LogP contribution in [-0.2, 0) is 11.8 Å². The van der Waals surface area contributed by atoms with Gasteiger partial charge in [-0.1, -0.05) is 0 Å². The van der Waals surface area contributed by atoms with Crippen LogP contribution >= 0.6 is 0 Å². The molecule has 1 N–H and O–H groups in total. The van der Waals surface area contributed by atoms with Crippen molar-refractivity contribution < 1.29 is 9.53 Å². The predicted molar refractivity (Wildman–Crippen MR) is 93.3 cm³/mol. The minimum absolute atomic E-state index is 0.128. The first-order valence-electron chi connectivity index (χ1n) is 8.16. The molecule has 0 saturated carbocycles. The van der Waals surface area contributed by atoms with Crippen LogP contribution in [0.5, 0.6) is 0 Å². The lowest BCUT2D eigenvalue weighted by Gasteiger charge is -2.31. The van der Waals surface area contributed by atoms with Crippen molar-refractivity contribution in [3.05, 3.63) is 40.9 Å². The number of carbonyl (C=O) groups is 1. The number of rotatable bonds is 3. The maximum atomic E-state index is 12.3. The van der Waals surface area contributed by atoms with Gasteiger partial charge < -0.3 is 15.0 Å². The highest BCUT2D eigenvalue weighted by Gasteiger charge is 2.24. The van der Waals surface area contributed by atoms with Gasteiger partial charge in [0.15, 0.2) is 0 Å². The van der Waals surface area contributed by atoms with Crippen LogP contribution in [0, 0.1) is 0 Å². The van der Waals surface area contributed by atoms with Crippen molar-refractivity contribution in [1.29, 1.82) is 0 Å². The molecule has 2 aromatic rings. The molecule has 0 unspecified atom stereocenters. The fraction of sp³-hybridized carbons (Fsp3) is 0.412. The summed E-state index contributed by atoms with van der Waals surface area (Å²) >= 11 is 0. The van der Waals surface area contributed by atoms with E-state index in [2.05, 4.69) is 15.3 Å². The predicted octanol–water partition coefficient (Wildman–Crippen LogP) is 1.48. The zero-order valence-electron chi connectivity index (χ0n) is 14.3. The first-order chi connectivity index (χ1) is 12.1. The lowest BCUT2D eigenvalue weighted by Crippen LogP contribution is -2.43. The number of carbonyl (C=O) groups excluding carboxylic acids is 1. The van der Waals surface area contributed by atoms with Gasteiger partial charge in [-0.15, -0.1) is 0 Å². The Hall–Kier alpha value is -2.90. The van der Waals surface area contributed by atoms with Crippen LogP contribution in [0.1, 0.15) is 12.8 Å². The van der Waals surface area contributed by atoms with Crippen LogP contribution in [0.15, 0.2) is 35.4 Å². The fourth-order valence-corrected chi connectivity index (χ4v) is 2.86. The molecule has 25 heavy (non-hydrogen) atoms. The molecule has 0 aromatic carbocycles. The molecule has 1 aliphatic rings. The second-order valence-corrected chi connectivity index (χ2v) is 5.97. The van der Waals surface area contributed by atoms with Crippen LogP contribution in [0.25, 0.3) is 11.3 Å². The number of methoxy groups -OCH3 is 1. The Morgan fingerprint density at radius 1 is 1.28 bits per heavy atom. The quantitative estimate of drug-likeness (QED) is 0.908. The number of aromatic nitrogens is 3. The largest absolute Gasteiger partial charge is 0.453 e. The molecule has 8 heteroatoms. The van der Waals surface area contributed by atoms with E-state index in [1.54, 1.807) is 24.3 Å². The Kier molecular flexibility index (Phi) is 4.97. The van der Waals surface area contributed by atoms with E-state index in [4.69, 9.17) is 4.74 Å². The van der Waals surface area contributed by atoms with E-state index < -0.39 is 0 Å². The summed E-state index contributed by atoms with van der Waals surface area (Å²) in [6.45, 7) is 1.23. The highest BCUT2D eigenvalue weighted by Crippen LogP contribution is 2.19. The molecular formula is C17H21N5O3. The Bertz CT molecular complexity index is 798. The van der Waals surface area contributed by atoms with Gasteiger partial charge in [0.25, 0.3) is 5.56 Å². The van der Waals surface area contributed by atoms with E-state index in [0.29, 0.717) is 24.7 Å². The molecule has 0 spiro atoms. The summed E-state index contributed by atoms with van der Waals surface area (Å²) in [6.07, 6.45) is 4.58. The molecular weight excluding hydrogens is 322 g/mol. The number of ether oxygens (including phenoxy) is 1. The molecule has 0 aliphatic carbocycles. The summed E-state index contributed by atoms with van der Waals surface area (Å²) in [5.41, 5.74) is 1.33. The van der Waals surface area contributed by atoms with Gasteiger partial charge in [0, 0.05) is 50.2 Å². The molecule has 2 aromatic heterocycles. The summed E-state index contributed by atoms with van der Waals surface area (Å²) in [5, 5.41) is 3.34. The third-order valence-corrected chi connectivity index (χ3v) is 4.37. The van der Waals surface area contributed by atoms with E-state index in [1.807, 2.05) is 12.1 Å². The van der Waals surface area contributed by atoms with E-state index in [1.165, 1.54) is 17.7 Å². The van der Waals surface area contributed by atoms with Gasteiger partial charge in [-0.25, -0.2) is 9.78 Å². The maximum Gasteiger partial charge on any atom is 0.409 e. The number of nitrogens with zero attached hydrogens (tertiary/aromatic N) is 4. The first-order valence-corrected chi connectivity index (χ1v) is 8.16. The smallest absolute Gasteiger partial charge is 0.409 e. The van der Waals surface area contributed by atoms with E-state index in [9.17, 15) is 9.59 Å². The number of hydrogen-bond donors (Lipinski definition) is 1. The Morgan fingerprint density at radius 3 is 2.60 bits per heavy atom. The number of nitrogens with one attached hydrogen (secondary N) is 1. The third-order valence-electron chi connectivity index (χ3n) is 4.37. The number of anilines is 1. The van der Waals surface area contributed by atoms with Gasteiger partial charge in [-0.05, 0) is 25.0 Å². The van der Waals surface area contributed by atoms with E-state index >= 15 is 0 Å². The lowest BCUT2D eigenvalue weighted by atomic mass is 10.1. The summed E-state index contributed by atoms with van der Waals surface area (Å²) < 4.78 is 6.24. The average molecular weight is 343 g/mol. The van der Waals surface area contributed by atoms with Crippen molar-refractivity contribution in [2.75, 3.05) is 25.5 Å². The SMILES string of the molecule is COC(=O)N1CCC(Nc2nc(-c3ccncc3)cc(=O)n2C)CC1. The van der Waals surface area contributed by atoms with Gasteiger partial charge in [0.05, 0.1) is 12.8 Å². The highest BCUT2D eigenvalue weighted by atomic mass is 16.5. The van der Waals surface area contributed by atoms with Gasteiger partial charge in [-0.3, -0.25) is 14.3 Å². The molecule has 0 radical (unpaired) electrons. The normalized spacial score (nSPS) is 15.0. The zero-order chi connectivity index (χ0) is 17.8. The number of pyridine rings is 1. The third kappa shape index (κ3) is 3.78. The fourth-order valence-electron chi connectivity index (χ4n) is 2.86. The zero-order valence-corrected chi connectivity index (χ0v) is 14.3. The summed E-state index contributed by atoms with van der Waals surface area (Å²) in [4.78, 5) is 34.1. The van der Waals surface area contributed by atoms with Crippen molar-refractivity contribution in [2.24, 2.45) is 7.05 Å². The van der Waals surface area contributed by atoms with Gasteiger partial charge in [-0.2, -0.15) is 0 Å². The van der Waals surface area contributed by atoms with Gasteiger partial charge in [0.1, 0.15) is 0 Å². The van der Waals surface area contributed by atoms with E-state index in [0.717, 1.165) is 18.4 Å². The van der Waals surface area contributed by atoms with Crippen LogP contribution in [0.3, 0.4) is 0 Å². The molecule has 132 valence electrons. The number of likely N-dealkylation sites (tertiary alicyclic amines) is 1. The van der Waals surface area contributed by atoms with Crippen LogP contribution in [0.2, 0.25) is 0 Å². The Morgan fingerprint density at radius 2 is 1.96 bits per heavy atom. The summed E-state index contributed by atoms with van der Waals surface area (Å²) in [6, 6.07) is 5.30. The van der Waals surface area contributed by atoms with Crippen molar-refractivity contribution in [3.8, 4) is 11.3 Å². The molecule has 3 heterocycles. The molecule has 1 amide bonds. The van der Waals surface area contributed by atoms with Gasteiger partial charge >= 0.3 is 6.09 Å². The van der Waals surface area contributed by atoms with Gasteiger partial charge in [0.2, 0.25) is 5.95 Å². The molecule has 1 fully saturated rings. The first kappa shape index (κ1) is 16.9. The molecule has 0 atom stereocenters.